The molecule has 0 saturated carbocycles. The lowest BCUT2D eigenvalue weighted by molar-refractivity contribution is -0.122. The van der Waals surface area contributed by atoms with E-state index >= 15 is 0 Å². The van der Waals surface area contributed by atoms with Crippen molar-refractivity contribution in [2.24, 2.45) is 11.8 Å². The Morgan fingerprint density at radius 3 is 2.29 bits per heavy atom. The molecule has 1 aliphatic carbocycles. The monoisotopic (exact) mass is 375 g/mol. The molecule has 2 aromatic carbocycles. The van der Waals surface area contributed by atoms with Crippen LogP contribution in [0.2, 0.25) is 0 Å². The Hall–Kier alpha value is -3.21. The van der Waals surface area contributed by atoms with Gasteiger partial charge in [-0.1, -0.05) is 30.4 Å². The van der Waals surface area contributed by atoms with Gasteiger partial charge in [0.25, 0.3) is 0 Å². The van der Waals surface area contributed by atoms with Crippen molar-refractivity contribution in [1.29, 1.82) is 0 Å². The van der Waals surface area contributed by atoms with Gasteiger partial charge in [0.2, 0.25) is 11.8 Å². The van der Waals surface area contributed by atoms with Gasteiger partial charge in [0.15, 0.2) is 0 Å². The maximum atomic E-state index is 12.8. The number of hydrogen-bond acceptors (Lipinski definition) is 4. The Balaban J connectivity index is 1.60. The van der Waals surface area contributed by atoms with E-state index in [-0.39, 0.29) is 23.7 Å². The van der Waals surface area contributed by atoms with Gasteiger partial charge in [-0.15, -0.1) is 0 Å². The van der Waals surface area contributed by atoms with Crippen LogP contribution in [0, 0.1) is 25.7 Å². The summed E-state index contributed by atoms with van der Waals surface area (Å²) in [5.41, 5.74) is 2.64. The molecule has 28 heavy (non-hydrogen) atoms. The number of amides is 2. The van der Waals surface area contributed by atoms with E-state index in [9.17, 15) is 14.4 Å². The molecule has 0 bridgehead atoms. The van der Waals surface area contributed by atoms with Crippen LogP contribution in [0.1, 0.15) is 34.3 Å². The van der Waals surface area contributed by atoms with E-state index in [2.05, 4.69) is 0 Å². The molecule has 142 valence electrons. The molecule has 2 amide bonds. The molecule has 5 heteroatoms. The first-order valence-electron chi connectivity index (χ1n) is 9.38. The fraction of sp³-hybridized carbons (Fsp3) is 0.261. The molecule has 1 fully saturated rings. The Morgan fingerprint density at radius 2 is 1.61 bits per heavy atom. The number of fused-ring (bicyclic) bond motifs is 1. The molecule has 1 heterocycles. The van der Waals surface area contributed by atoms with Gasteiger partial charge < -0.3 is 4.74 Å². The van der Waals surface area contributed by atoms with Gasteiger partial charge in [-0.2, -0.15) is 0 Å². The largest absolute Gasteiger partial charge is 0.423 e. The fourth-order valence-corrected chi connectivity index (χ4v) is 3.82. The zero-order chi connectivity index (χ0) is 19.8. The Kier molecular flexibility index (Phi) is 4.59. The normalized spacial score (nSPS) is 21.0. The van der Waals surface area contributed by atoms with E-state index in [4.69, 9.17) is 4.74 Å². The van der Waals surface area contributed by atoms with E-state index in [1.54, 1.807) is 30.3 Å². The maximum absolute atomic E-state index is 12.8. The van der Waals surface area contributed by atoms with Gasteiger partial charge in [0.1, 0.15) is 5.75 Å². The highest BCUT2D eigenvalue weighted by atomic mass is 16.5. The third-order valence-electron chi connectivity index (χ3n) is 5.61. The van der Waals surface area contributed by atoms with Crippen molar-refractivity contribution in [3.05, 3.63) is 71.3 Å². The topological polar surface area (TPSA) is 63.7 Å². The third kappa shape index (κ3) is 3.03. The minimum atomic E-state index is -0.520. The van der Waals surface area contributed by atoms with Gasteiger partial charge in [-0.3, -0.25) is 14.5 Å². The fourth-order valence-electron chi connectivity index (χ4n) is 3.82. The molecule has 2 aromatic rings. The SMILES string of the molecule is Cc1cccc(OC(=O)c2cccc(N3C(=O)[C@H]4CC=CC[C@@H]4C3=O)c2)c1C. The highest BCUT2D eigenvalue weighted by molar-refractivity contribution is 6.22. The van der Waals surface area contributed by atoms with Crippen LogP contribution in [-0.2, 0) is 9.59 Å². The summed E-state index contributed by atoms with van der Waals surface area (Å²) in [4.78, 5) is 39.4. The standard InChI is InChI=1S/C23H21NO4/c1-14-7-5-12-20(15(14)2)28-23(27)16-8-6-9-17(13-16)24-21(25)18-10-3-4-11-19(18)22(24)26/h3-9,12-13,18-19H,10-11H2,1-2H3/t18-,19-/m0/s1. The van der Waals surface area contributed by atoms with Crippen molar-refractivity contribution in [2.75, 3.05) is 4.90 Å². The molecule has 1 saturated heterocycles. The minimum Gasteiger partial charge on any atom is -0.423 e. The van der Waals surface area contributed by atoms with Crippen LogP contribution < -0.4 is 9.64 Å². The van der Waals surface area contributed by atoms with E-state index in [1.807, 2.05) is 38.1 Å². The van der Waals surface area contributed by atoms with Gasteiger partial charge in [-0.05, 0) is 62.1 Å². The number of rotatable bonds is 3. The highest BCUT2D eigenvalue weighted by Crippen LogP contribution is 2.37. The third-order valence-corrected chi connectivity index (χ3v) is 5.61. The number of imide groups is 1. The summed E-state index contributed by atoms with van der Waals surface area (Å²) in [5, 5.41) is 0. The first-order chi connectivity index (χ1) is 13.5. The first-order valence-corrected chi connectivity index (χ1v) is 9.38. The molecule has 5 nitrogen and oxygen atoms in total. The molecular formula is C23H21NO4. The maximum Gasteiger partial charge on any atom is 0.343 e. The molecule has 0 N–H and O–H groups in total. The molecule has 0 unspecified atom stereocenters. The van der Waals surface area contributed by atoms with E-state index in [0.29, 0.717) is 29.8 Å². The average Bonchev–Trinajstić information content (AvgIpc) is 2.96. The number of ether oxygens (including phenoxy) is 1. The summed E-state index contributed by atoms with van der Waals surface area (Å²) >= 11 is 0. The van der Waals surface area contributed by atoms with E-state index in [1.165, 1.54) is 4.90 Å². The zero-order valence-electron chi connectivity index (χ0n) is 15.8. The molecule has 0 aromatic heterocycles. The molecule has 1 aliphatic heterocycles. The van der Waals surface area contributed by atoms with Crippen molar-refractivity contribution >= 4 is 23.5 Å². The average molecular weight is 375 g/mol. The summed E-state index contributed by atoms with van der Waals surface area (Å²) < 4.78 is 5.54. The van der Waals surface area contributed by atoms with Gasteiger partial charge in [0.05, 0.1) is 23.1 Å². The van der Waals surface area contributed by atoms with Gasteiger partial charge in [-0.25, -0.2) is 4.79 Å². The number of carbonyl (C=O) groups is 3. The van der Waals surface area contributed by atoms with Crippen LogP contribution in [0.15, 0.2) is 54.6 Å². The second-order valence-electron chi connectivity index (χ2n) is 7.31. The summed E-state index contributed by atoms with van der Waals surface area (Å²) in [7, 11) is 0. The number of carbonyl (C=O) groups excluding carboxylic acids is 3. The summed E-state index contributed by atoms with van der Waals surface area (Å²) in [6.45, 7) is 3.85. The summed E-state index contributed by atoms with van der Waals surface area (Å²) in [5.74, 6) is -1.01. The van der Waals surface area contributed by atoms with Gasteiger partial charge in [0, 0.05) is 0 Å². The molecule has 0 radical (unpaired) electrons. The lowest BCUT2D eigenvalue weighted by atomic mass is 9.85. The second kappa shape index (κ2) is 7.08. The Labute approximate surface area is 163 Å². The number of esters is 1. The van der Waals surface area contributed by atoms with Crippen LogP contribution in [0.5, 0.6) is 5.75 Å². The van der Waals surface area contributed by atoms with Crippen LogP contribution >= 0.6 is 0 Å². The van der Waals surface area contributed by atoms with E-state index in [0.717, 1.165) is 11.1 Å². The van der Waals surface area contributed by atoms with Crippen molar-refractivity contribution < 1.29 is 19.1 Å². The lowest BCUT2D eigenvalue weighted by Gasteiger charge is -2.16. The summed E-state index contributed by atoms with van der Waals surface area (Å²) in [6, 6.07) is 12.0. The molecule has 2 aliphatic rings. The molecule has 0 spiro atoms. The molecule has 4 rings (SSSR count). The van der Waals surface area contributed by atoms with Crippen LogP contribution in [0.4, 0.5) is 5.69 Å². The van der Waals surface area contributed by atoms with E-state index < -0.39 is 5.97 Å². The highest BCUT2D eigenvalue weighted by Gasteiger charge is 2.47. The van der Waals surface area contributed by atoms with Crippen molar-refractivity contribution in [2.45, 2.75) is 26.7 Å². The van der Waals surface area contributed by atoms with Gasteiger partial charge >= 0.3 is 5.97 Å². The lowest BCUT2D eigenvalue weighted by Crippen LogP contribution is -2.31. The van der Waals surface area contributed by atoms with Crippen LogP contribution in [0.25, 0.3) is 0 Å². The Morgan fingerprint density at radius 1 is 0.964 bits per heavy atom. The number of allylic oxidation sites excluding steroid dienone is 2. The van der Waals surface area contributed by atoms with Crippen LogP contribution in [0.3, 0.4) is 0 Å². The summed E-state index contributed by atoms with van der Waals surface area (Å²) in [6.07, 6.45) is 5.07. The number of hydrogen-bond donors (Lipinski definition) is 0. The first kappa shape index (κ1) is 18.2. The number of nitrogens with zero attached hydrogens (tertiary/aromatic N) is 1. The smallest absolute Gasteiger partial charge is 0.343 e. The quantitative estimate of drug-likeness (QED) is 0.352. The predicted molar refractivity (Wildman–Crippen MR) is 105 cm³/mol. The predicted octanol–water partition coefficient (Wildman–Crippen LogP) is 3.98. The van der Waals surface area contributed by atoms with Crippen molar-refractivity contribution in [3.8, 4) is 5.75 Å². The number of benzene rings is 2. The van der Waals surface area contributed by atoms with Crippen LogP contribution in [-0.4, -0.2) is 17.8 Å². The molecular weight excluding hydrogens is 354 g/mol. The van der Waals surface area contributed by atoms with Crippen molar-refractivity contribution in [1.82, 2.24) is 0 Å². The number of aryl methyl sites for hydroxylation is 1. The molecule has 2 atom stereocenters. The Bertz CT molecular complexity index is 981. The number of anilines is 1. The zero-order valence-corrected chi connectivity index (χ0v) is 15.8. The minimum absolute atomic E-state index is 0.195. The second-order valence-corrected chi connectivity index (χ2v) is 7.31. The van der Waals surface area contributed by atoms with Crippen molar-refractivity contribution in [3.63, 3.8) is 0 Å².